The van der Waals surface area contributed by atoms with Gasteiger partial charge in [0, 0.05) is 13.2 Å². The highest BCUT2D eigenvalue weighted by Gasteiger charge is 1.92. The molecule has 0 fully saturated rings. The van der Waals surface area contributed by atoms with Crippen molar-refractivity contribution in [2.45, 2.75) is 6.04 Å². The second-order valence-corrected chi connectivity index (χ2v) is 2.90. The maximum Gasteiger partial charge on any atom is 0.168 e. The SMILES string of the molecule is C=CC(=O)C[SiH2]OC. The molecule has 0 N–H and O–H groups in total. The Hall–Kier alpha value is -0.413. The van der Waals surface area contributed by atoms with E-state index in [1.807, 2.05) is 0 Å². The highest BCUT2D eigenvalue weighted by atomic mass is 28.2. The van der Waals surface area contributed by atoms with E-state index in [0.29, 0.717) is 6.04 Å². The van der Waals surface area contributed by atoms with E-state index in [-0.39, 0.29) is 5.78 Å². The molecule has 0 aliphatic carbocycles. The van der Waals surface area contributed by atoms with Crippen molar-refractivity contribution in [3.05, 3.63) is 12.7 Å². The van der Waals surface area contributed by atoms with E-state index in [4.69, 9.17) is 4.43 Å². The zero-order chi connectivity index (χ0) is 6.41. The number of ketones is 1. The summed E-state index contributed by atoms with van der Waals surface area (Å²) in [6, 6.07) is 0.583. The maximum absolute atomic E-state index is 10.4. The minimum Gasteiger partial charge on any atom is -0.427 e. The highest BCUT2D eigenvalue weighted by Crippen LogP contribution is 1.81. The van der Waals surface area contributed by atoms with Crippen molar-refractivity contribution >= 4 is 15.5 Å². The van der Waals surface area contributed by atoms with Crippen LogP contribution in [-0.4, -0.2) is 22.7 Å². The molecule has 3 heteroatoms. The summed E-state index contributed by atoms with van der Waals surface area (Å²) in [6.07, 6.45) is 1.34. The van der Waals surface area contributed by atoms with Crippen LogP contribution < -0.4 is 0 Å². The second kappa shape index (κ2) is 4.74. The van der Waals surface area contributed by atoms with Gasteiger partial charge in [0.2, 0.25) is 0 Å². The fourth-order valence-electron chi connectivity index (χ4n) is 0.305. The summed E-state index contributed by atoms with van der Waals surface area (Å²) in [5.41, 5.74) is 0. The topological polar surface area (TPSA) is 26.3 Å². The summed E-state index contributed by atoms with van der Waals surface area (Å²) in [5, 5.41) is 0. The summed E-state index contributed by atoms with van der Waals surface area (Å²) in [4.78, 5) is 10.4. The van der Waals surface area contributed by atoms with Gasteiger partial charge in [0.15, 0.2) is 15.5 Å². The van der Waals surface area contributed by atoms with E-state index in [0.717, 1.165) is 0 Å². The Morgan fingerprint density at radius 1 is 2.00 bits per heavy atom. The van der Waals surface area contributed by atoms with E-state index in [1.54, 1.807) is 7.11 Å². The van der Waals surface area contributed by atoms with Crippen LogP contribution >= 0.6 is 0 Å². The smallest absolute Gasteiger partial charge is 0.168 e. The Bertz CT molecular complexity index is 90.4. The van der Waals surface area contributed by atoms with Gasteiger partial charge in [-0.25, -0.2) is 0 Å². The van der Waals surface area contributed by atoms with E-state index in [1.165, 1.54) is 6.08 Å². The summed E-state index contributed by atoms with van der Waals surface area (Å²) in [7, 11) is 1.07. The normalized spacial score (nSPS) is 10.1. The molecule has 0 aliphatic heterocycles. The molecule has 2 nitrogen and oxygen atoms in total. The van der Waals surface area contributed by atoms with Crippen LogP contribution in [0.4, 0.5) is 0 Å². The first-order valence-electron chi connectivity index (χ1n) is 2.45. The Balaban J connectivity index is 3.11. The molecule has 0 unspecified atom stereocenters. The van der Waals surface area contributed by atoms with Crippen LogP contribution in [0.25, 0.3) is 0 Å². The Morgan fingerprint density at radius 2 is 2.62 bits per heavy atom. The molecule has 0 radical (unpaired) electrons. The average molecular weight is 130 g/mol. The lowest BCUT2D eigenvalue weighted by Gasteiger charge is -1.89. The molecule has 0 aromatic carbocycles. The third-order valence-corrected chi connectivity index (χ3v) is 1.89. The molecular formula is C5H10O2Si. The largest absolute Gasteiger partial charge is 0.427 e. The lowest BCUT2D eigenvalue weighted by Crippen LogP contribution is -2.00. The zero-order valence-corrected chi connectivity index (χ0v) is 6.43. The number of allylic oxidation sites excluding steroid dienone is 1. The molecule has 0 atom stereocenters. The average Bonchev–Trinajstić information content (AvgIpc) is 1.83. The van der Waals surface area contributed by atoms with Gasteiger partial charge >= 0.3 is 0 Å². The Labute approximate surface area is 51.5 Å². The van der Waals surface area contributed by atoms with Gasteiger partial charge in [0.05, 0.1) is 0 Å². The quantitative estimate of drug-likeness (QED) is 0.392. The predicted octanol–water partition coefficient (Wildman–Crippen LogP) is -0.110. The number of carbonyl (C=O) groups excluding carboxylic acids is 1. The molecule has 0 saturated carbocycles. The van der Waals surface area contributed by atoms with Gasteiger partial charge in [-0.15, -0.1) is 0 Å². The number of rotatable bonds is 4. The van der Waals surface area contributed by atoms with Crippen molar-refractivity contribution in [3.8, 4) is 0 Å². The number of carbonyl (C=O) groups is 1. The third-order valence-electron chi connectivity index (χ3n) is 0.780. The maximum atomic E-state index is 10.4. The van der Waals surface area contributed by atoms with Crippen LogP contribution in [0.2, 0.25) is 6.04 Å². The van der Waals surface area contributed by atoms with E-state index in [9.17, 15) is 4.79 Å². The van der Waals surface area contributed by atoms with Gasteiger partial charge in [-0.05, 0) is 6.08 Å². The molecule has 0 amide bonds. The lowest BCUT2D eigenvalue weighted by molar-refractivity contribution is -0.112. The van der Waals surface area contributed by atoms with Crippen LogP contribution in [0.5, 0.6) is 0 Å². The van der Waals surface area contributed by atoms with Crippen molar-refractivity contribution < 1.29 is 9.22 Å². The summed E-state index contributed by atoms with van der Waals surface area (Å²) < 4.78 is 4.78. The molecule has 0 aliphatic rings. The van der Waals surface area contributed by atoms with E-state index < -0.39 is 9.76 Å². The molecule has 0 aromatic heterocycles. The van der Waals surface area contributed by atoms with Crippen molar-refractivity contribution in [3.63, 3.8) is 0 Å². The number of hydrogen-bond acceptors (Lipinski definition) is 2. The van der Waals surface area contributed by atoms with E-state index >= 15 is 0 Å². The van der Waals surface area contributed by atoms with Gasteiger partial charge in [0.1, 0.15) is 0 Å². The monoisotopic (exact) mass is 130 g/mol. The molecule has 0 aromatic rings. The van der Waals surface area contributed by atoms with Crippen molar-refractivity contribution in [2.75, 3.05) is 7.11 Å². The summed E-state index contributed by atoms with van der Waals surface area (Å²) >= 11 is 0. The van der Waals surface area contributed by atoms with Crippen LogP contribution in [0.3, 0.4) is 0 Å². The lowest BCUT2D eigenvalue weighted by atomic mass is 10.5. The predicted molar refractivity (Wildman–Crippen MR) is 35.6 cm³/mol. The van der Waals surface area contributed by atoms with Crippen LogP contribution in [0, 0.1) is 0 Å². The zero-order valence-electron chi connectivity index (χ0n) is 5.02. The van der Waals surface area contributed by atoms with Gasteiger partial charge < -0.3 is 4.43 Å². The molecule has 0 bridgehead atoms. The van der Waals surface area contributed by atoms with Crippen molar-refractivity contribution in [1.29, 1.82) is 0 Å². The molecule has 0 rings (SSSR count). The fraction of sp³-hybridized carbons (Fsp3) is 0.400. The van der Waals surface area contributed by atoms with Gasteiger partial charge in [0.25, 0.3) is 0 Å². The highest BCUT2D eigenvalue weighted by molar-refractivity contribution is 6.35. The molecule has 0 heterocycles. The molecule has 8 heavy (non-hydrogen) atoms. The van der Waals surface area contributed by atoms with Crippen molar-refractivity contribution in [2.24, 2.45) is 0 Å². The minimum absolute atomic E-state index is 0.0958. The third kappa shape index (κ3) is 3.77. The van der Waals surface area contributed by atoms with Crippen LogP contribution in [-0.2, 0) is 9.22 Å². The Kier molecular flexibility index (Phi) is 4.49. The first-order valence-corrected chi connectivity index (χ1v) is 4.03. The molecular weight excluding hydrogens is 120 g/mol. The molecule has 0 saturated heterocycles. The molecule has 0 spiro atoms. The standard InChI is InChI=1S/C5H10O2Si/c1-3-5(6)4-8-7-2/h3H,1,4,8H2,2H3. The van der Waals surface area contributed by atoms with Gasteiger partial charge in [-0.2, -0.15) is 0 Å². The Morgan fingerprint density at radius 3 is 3.00 bits per heavy atom. The second-order valence-electron chi connectivity index (χ2n) is 1.41. The van der Waals surface area contributed by atoms with E-state index in [2.05, 4.69) is 6.58 Å². The van der Waals surface area contributed by atoms with Gasteiger partial charge in [-0.1, -0.05) is 6.58 Å². The van der Waals surface area contributed by atoms with Crippen molar-refractivity contribution in [1.82, 2.24) is 0 Å². The van der Waals surface area contributed by atoms with Crippen LogP contribution in [0.1, 0.15) is 0 Å². The van der Waals surface area contributed by atoms with Gasteiger partial charge in [-0.3, -0.25) is 4.79 Å². The summed E-state index contributed by atoms with van der Waals surface area (Å²) in [5.74, 6) is 0.0958. The first-order chi connectivity index (χ1) is 3.81. The molecule has 46 valence electrons. The van der Waals surface area contributed by atoms with Crippen LogP contribution in [0.15, 0.2) is 12.7 Å². The number of hydrogen-bond donors (Lipinski definition) is 0. The first kappa shape index (κ1) is 7.59. The fourth-order valence-corrected chi connectivity index (χ4v) is 0.914. The summed E-state index contributed by atoms with van der Waals surface area (Å²) in [6.45, 7) is 3.33. The minimum atomic E-state index is -0.558.